The van der Waals surface area contributed by atoms with Crippen LogP contribution in [-0.2, 0) is 10.0 Å². The molecule has 0 radical (unpaired) electrons. The Bertz CT molecular complexity index is 763. The lowest BCUT2D eigenvalue weighted by Crippen LogP contribution is -2.27. The fourth-order valence-electron chi connectivity index (χ4n) is 2.95. The number of nitrogens with one attached hydrogen (secondary N) is 1. The van der Waals surface area contributed by atoms with E-state index in [0.29, 0.717) is 13.1 Å². The van der Waals surface area contributed by atoms with Crippen LogP contribution in [0.3, 0.4) is 0 Å². The van der Waals surface area contributed by atoms with Crippen LogP contribution in [-0.4, -0.2) is 36.4 Å². The average Bonchev–Trinajstić information content (AvgIpc) is 3.15. The quantitative estimate of drug-likeness (QED) is 0.398. The Balaban J connectivity index is 2.31. The lowest BCUT2D eigenvalue weighted by molar-refractivity contribution is -0.384. The molecule has 8 nitrogen and oxygen atoms in total. The number of nitrogens with zero attached hydrogens (tertiary/aromatic N) is 3. The monoisotopic (exact) mass is 382 g/mol. The van der Waals surface area contributed by atoms with E-state index < -0.39 is 14.9 Å². The van der Waals surface area contributed by atoms with E-state index in [9.17, 15) is 18.5 Å². The van der Waals surface area contributed by atoms with Crippen molar-refractivity contribution in [2.24, 2.45) is 5.10 Å². The highest BCUT2D eigenvalue weighted by atomic mass is 32.2. The Morgan fingerprint density at radius 3 is 2.38 bits per heavy atom. The van der Waals surface area contributed by atoms with E-state index in [0.717, 1.165) is 50.3 Å². The van der Waals surface area contributed by atoms with E-state index in [4.69, 9.17) is 0 Å². The Labute approximate surface area is 154 Å². The molecule has 0 atom stereocenters. The minimum Gasteiger partial charge on any atom is -0.272 e. The fraction of sp³-hybridized carbons (Fsp3) is 0.588. The minimum atomic E-state index is -3.69. The smallest absolute Gasteiger partial charge is 0.272 e. The van der Waals surface area contributed by atoms with Gasteiger partial charge >= 0.3 is 0 Å². The number of nitro groups is 1. The molecule has 1 aliphatic rings. The van der Waals surface area contributed by atoms with Crippen LogP contribution < -0.4 is 5.43 Å². The lowest BCUT2D eigenvalue weighted by Gasteiger charge is -2.15. The molecule has 2 rings (SSSR count). The van der Waals surface area contributed by atoms with E-state index in [-0.39, 0.29) is 16.3 Å². The third-order valence-corrected chi connectivity index (χ3v) is 6.17. The first-order valence-electron chi connectivity index (χ1n) is 9.00. The number of hydrogen-bond acceptors (Lipinski definition) is 6. The summed E-state index contributed by atoms with van der Waals surface area (Å²) >= 11 is 0. The van der Waals surface area contributed by atoms with Crippen molar-refractivity contribution in [3.63, 3.8) is 0 Å². The van der Waals surface area contributed by atoms with Crippen LogP contribution in [0.1, 0.15) is 52.4 Å². The maximum absolute atomic E-state index is 12.6. The molecule has 1 aromatic rings. The van der Waals surface area contributed by atoms with E-state index in [1.807, 2.05) is 13.8 Å². The van der Waals surface area contributed by atoms with Crippen molar-refractivity contribution in [1.82, 2.24) is 4.31 Å². The Kier molecular flexibility index (Phi) is 7.10. The van der Waals surface area contributed by atoms with Gasteiger partial charge in [-0.3, -0.25) is 15.5 Å². The molecule has 1 saturated heterocycles. The van der Waals surface area contributed by atoms with E-state index in [1.54, 1.807) is 0 Å². The van der Waals surface area contributed by atoms with Gasteiger partial charge in [0, 0.05) is 24.9 Å². The van der Waals surface area contributed by atoms with Crippen molar-refractivity contribution in [2.75, 3.05) is 18.5 Å². The number of hydrogen-bond donors (Lipinski definition) is 1. The standard InChI is InChI=1S/C17H26N4O4S/c1-3-7-14(8-4-2)18-19-16-10-9-15(13-17(16)21(22)23)26(24,25)20-11-5-6-12-20/h9-10,13,19H,3-8,11-12H2,1-2H3. The summed E-state index contributed by atoms with van der Waals surface area (Å²) in [5, 5.41) is 15.7. The summed E-state index contributed by atoms with van der Waals surface area (Å²) in [5.41, 5.74) is 3.60. The summed E-state index contributed by atoms with van der Waals surface area (Å²) in [6, 6.07) is 3.93. The predicted molar refractivity (Wildman–Crippen MR) is 102 cm³/mol. The van der Waals surface area contributed by atoms with Crippen molar-refractivity contribution in [3.05, 3.63) is 28.3 Å². The molecule has 0 bridgehead atoms. The summed E-state index contributed by atoms with van der Waals surface area (Å²) in [6.07, 6.45) is 5.14. The molecule has 0 saturated carbocycles. The maximum atomic E-state index is 12.6. The second kappa shape index (κ2) is 9.09. The molecule has 144 valence electrons. The highest BCUT2D eigenvalue weighted by Crippen LogP contribution is 2.30. The highest BCUT2D eigenvalue weighted by molar-refractivity contribution is 7.89. The topological polar surface area (TPSA) is 105 Å². The number of nitro benzene ring substituents is 1. The van der Waals surface area contributed by atoms with Crippen LogP contribution in [0.15, 0.2) is 28.2 Å². The van der Waals surface area contributed by atoms with Crippen LogP contribution in [0.5, 0.6) is 0 Å². The largest absolute Gasteiger partial charge is 0.295 e. The normalized spacial score (nSPS) is 15.0. The van der Waals surface area contributed by atoms with Gasteiger partial charge in [-0.15, -0.1) is 0 Å². The number of sulfonamides is 1. The van der Waals surface area contributed by atoms with Crippen molar-refractivity contribution in [2.45, 2.75) is 57.3 Å². The molecule has 1 N–H and O–H groups in total. The van der Waals surface area contributed by atoms with Gasteiger partial charge in [0.25, 0.3) is 5.69 Å². The third kappa shape index (κ3) is 4.79. The molecule has 1 aromatic carbocycles. The average molecular weight is 382 g/mol. The van der Waals surface area contributed by atoms with Gasteiger partial charge in [0.15, 0.2) is 0 Å². The van der Waals surface area contributed by atoms with Gasteiger partial charge in [0.05, 0.1) is 9.82 Å². The molecule has 9 heteroatoms. The van der Waals surface area contributed by atoms with E-state index in [2.05, 4.69) is 10.5 Å². The summed E-state index contributed by atoms with van der Waals surface area (Å²) < 4.78 is 26.6. The summed E-state index contributed by atoms with van der Waals surface area (Å²) in [4.78, 5) is 10.8. The Morgan fingerprint density at radius 1 is 1.23 bits per heavy atom. The van der Waals surface area contributed by atoms with Crippen molar-refractivity contribution < 1.29 is 13.3 Å². The molecule has 0 aliphatic carbocycles. The summed E-state index contributed by atoms with van der Waals surface area (Å²) in [7, 11) is -3.69. The molecule has 1 fully saturated rings. The molecule has 0 amide bonds. The fourth-order valence-corrected chi connectivity index (χ4v) is 4.49. The van der Waals surface area contributed by atoms with Gasteiger partial charge in [-0.25, -0.2) is 8.42 Å². The highest BCUT2D eigenvalue weighted by Gasteiger charge is 2.29. The molecule has 1 heterocycles. The lowest BCUT2D eigenvalue weighted by atomic mass is 10.1. The van der Waals surface area contributed by atoms with Gasteiger partial charge < -0.3 is 0 Å². The summed E-state index contributed by atoms with van der Waals surface area (Å²) in [5.74, 6) is 0. The first kappa shape index (κ1) is 20.3. The molecular weight excluding hydrogens is 356 g/mol. The SMILES string of the molecule is CCCC(CCC)=NNc1ccc(S(=O)(=O)N2CCCC2)cc1[N+](=O)[O-]. The van der Waals surface area contributed by atoms with Crippen LogP contribution in [0.4, 0.5) is 11.4 Å². The van der Waals surface area contributed by atoms with E-state index in [1.165, 1.54) is 16.4 Å². The number of anilines is 1. The number of rotatable bonds is 9. The molecule has 0 spiro atoms. The van der Waals surface area contributed by atoms with Gasteiger partial charge in [-0.05, 0) is 37.8 Å². The van der Waals surface area contributed by atoms with Crippen molar-refractivity contribution in [1.29, 1.82) is 0 Å². The van der Waals surface area contributed by atoms with Crippen LogP contribution >= 0.6 is 0 Å². The number of benzene rings is 1. The first-order chi connectivity index (χ1) is 12.4. The van der Waals surface area contributed by atoms with Gasteiger partial charge in [0.1, 0.15) is 5.69 Å². The zero-order chi connectivity index (χ0) is 19.2. The van der Waals surface area contributed by atoms with Gasteiger partial charge in [-0.2, -0.15) is 9.41 Å². The minimum absolute atomic E-state index is 0.0528. The van der Waals surface area contributed by atoms with Crippen LogP contribution in [0.25, 0.3) is 0 Å². The van der Waals surface area contributed by atoms with Crippen LogP contribution in [0, 0.1) is 10.1 Å². The zero-order valence-electron chi connectivity index (χ0n) is 15.3. The van der Waals surface area contributed by atoms with Crippen molar-refractivity contribution >= 4 is 27.1 Å². The molecule has 0 unspecified atom stereocenters. The van der Waals surface area contributed by atoms with Gasteiger partial charge in [-0.1, -0.05) is 26.7 Å². The zero-order valence-corrected chi connectivity index (χ0v) is 16.1. The second-order valence-electron chi connectivity index (χ2n) is 6.34. The van der Waals surface area contributed by atoms with Gasteiger partial charge in [0.2, 0.25) is 10.0 Å². The predicted octanol–water partition coefficient (Wildman–Crippen LogP) is 3.75. The molecule has 1 aliphatic heterocycles. The first-order valence-corrected chi connectivity index (χ1v) is 10.4. The Morgan fingerprint density at radius 2 is 1.85 bits per heavy atom. The third-order valence-electron chi connectivity index (χ3n) is 4.28. The van der Waals surface area contributed by atoms with Crippen molar-refractivity contribution in [3.8, 4) is 0 Å². The Hall–Kier alpha value is -2.00. The molecule has 26 heavy (non-hydrogen) atoms. The second-order valence-corrected chi connectivity index (χ2v) is 8.28. The number of hydrazone groups is 1. The van der Waals surface area contributed by atoms with E-state index >= 15 is 0 Å². The molecular formula is C17H26N4O4S. The maximum Gasteiger partial charge on any atom is 0.295 e. The molecule has 0 aromatic heterocycles. The summed E-state index contributed by atoms with van der Waals surface area (Å²) in [6.45, 7) is 5.01. The van der Waals surface area contributed by atoms with Crippen LogP contribution in [0.2, 0.25) is 0 Å².